The molecule has 6 heteroatoms. The second-order valence-electron chi connectivity index (χ2n) is 6.50. The number of ether oxygens (including phenoxy) is 1. The monoisotopic (exact) mass is 287 g/mol. The van der Waals surface area contributed by atoms with Crippen LogP contribution < -0.4 is 0 Å². The first-order valence-electron chi connectivity index (χ1n) is 6.88. The zero-order chi connectivity index (χ0) is 15.6. The van der Waals surface area contributed by atoms with Gasteiger partial charge in [0.05, 0.1) is 6.61 Å². The number of ketones is 1. The number of Topliss-reactive ketones (excluding diaryl/α,β-unsaturated/α-hetero) is 1. The minimum Gasteiger partial charge on any atom is -0.444 e. The number of aliphatic hydroxyl groups excluding tert-OH is 2. The van der Waals surface area contributed by atoms with E-state index in [1.807, 2.05) is 0 Å². The van der Waals surface area contributed by atoms with Crippen molar-refractivity contribution < 1.29 is 24.5 Å². The Balaban J connectivity index is 2.66. The molecular weight excluding hydrogens is 262 g/mol. The first-order chi connectivity index (χ1) is 9.11. The van der Waals surface area contributed by atoms with E-state index in [0.29, 0.717) is 25.9 Å². The van der Waals surface area contributed by atoms with Crippen molar-refractivity contribution in [1.82, 2.24) is 4.90 Å². The summed E-state index contributed by atoms with van der Waals surface area (Å²) in [6.45, 7) is 7.16. The van der Waals surface area contributed by atoms with Crippen molar-refractivity contribution in [3.63, 3.8) is 0 Å². The van der Waals surface area contributed by atoms with Gasteiger partial charge in [-0.3, -0.25) is 4.79 Å². The maximum atomic E-state index is 11.9. The molecule has 1 rings (SSSR count). The molecule has 1 unspecified atom stereocenters. The Morgan fingerprint density at radius 2 is 1.80 bits per heavy atom. The molecule has 0 aromatic rings. The Morgan fingerprint density at radius 1 is 1.30 bits per heavy atom. The fourth-order valence-electron chi connectivity index (χ4n) is 2.41. The van der Waals surface area contributed by atoms with Gasteiger partial charge in [0.1, 0.15) is 11.7 Å². The van der Waals surface area contributed by atoms with Gasteiger partial charge in [0, 0.05) is 18.5 Å². The third kappa shape index (κ3) is 3.93. The van der Waals surface area contributed by atoms with Crippen molar-refractivity contribution in [2.75, 3.05) is 19.7 Å². The Kier molecular flexibility index (Phi) is 5.15. The zero-order valence-electron chi connectivity index (χ0n) is 12.7. The summed E-state index contributed by atoms with van der Waals surface area (Å²) in [5.74, 6) is -0.357. The largest absolute Gasteiger partial charge is 0.444 e. The van der Waals surface area contributed by atoms with Crippen molar-refractivity contribution in [3.05, 3.63) is 0 Å². The predicted molar refractivity (Wildman–Crippen MR) is 73.2 cm³/mol. The highest BCUT2D eigenvalue weighted by Crippen LogP contribution is 2.35. The number of amides is 1. The molecule has 1 aliphatic heterocycles. The number of carbonyl (C=O) groups is 2. The molecular formula is C14H25NO5. The minimum absolute atomic E-state index is 0.268. The molecule has 1 fully saturated rings. The lowest BCUT2D eigenvalue weighted by atomic mass is 9.73. The molecule has 20 heavy (non-hydrogen) atoms. The molecule has 0 bridgehead atoms. The topological polar surface area (TPSA) is 87.1 Å². The number of likely N-dealkylation sites (tertiary alicyclic amines) is 1. The molecule has 6 nitrogen and oxygen atoms in total. The van der Waals surface area contributed by atoms with Gasteiger partial charge in [-0.1, -0.05) is 0 Å². The highest BCUT2D eigenvalue weighted by atomic mass is 16.6. The van der Waals surface area contributed by atoms with E-state index in [4.69, 9.17) is 4.74 Å². The molecule has 0 radical (unpaired) electrons. The highest BCUT2D eigenvalue weighted by molar-refractivity contribution is 5.81. The smallest absolute Gasteiger partial charge is 0.410 e. The van der Waals surface area contributed by atoms with Gasteiger partial charge in [-0.2, -0.15) is 0 Å². The van der Waals surface area contributed by atoms with Crippen molar-refractivity contribution in [2.24, 2.45) is 5.41 Å². The fourth-order valence-corrected chi connectivity index (χ4v) is 2.41. The molecule has 1 amide bonds. The van der Waals surface area contributed by atoms with Crippen LogP contribution >= 0.6 is 0 Å². The van der Waals surface area contributed by atoms with E-state index in [2.05, 4.69) is 0 Å². The number of nitrogens with zero attached hydrogens (tertiary/aromatic N) is 1. The fraction of sp³-hybridized carbons (Fsp3) is 0.857. The van der Waals surface area contributed by atoms with Crippen LogP contribution in [0.4, 0.5) is 4.79 Å². The van der Waals surface area contributed by atoms with E-state index >= 15 is 0 Å². The maximum absolute atomic E-state index is 11.9. The Labute approximate surface area is 119 Å². The van der Waals surface area contributed by atoms with Crippen LogP contribution in [0.1, 0.15) is 40.5 Å². The summed E-state index contributed by atoms with van der Waals surface area (Å²) >= 11 is 0. The third-order valence-corrected chi connectivity index (χ3v) is 3.69. The zero-order valence-corrected chi connectivity index (χ0v) is 12.7. The molecule has 1 saturated heterocycles. The maximum Gasteiger partial charge on any atom is 0.410 e. The number of piperidine rings is 1. The first-order valence-corrected chi connectivity index (χ1v) is 6.88. The van der Waals surface area contributed by atoms with Crippen molar-refractivity contribution in [2.45, 2.75) is 52.2 Å². The number of carbonyl (C=O) groups excluding carboxylic acids is 2. The normalized spacial score (nSPS) is 20.4. The van der Waals surface area contributed by atoms with Gasteiger partial charge in [-0.05, 0) is 40.5 Å². The van der Waals surface area contributed by atoms with Crippen LogP contribution in [-0.2, 0) is 9.53 Å². The molecule has 1 aliphatic rings. The standard InChI is InChI=1S/C14H25NO5/c1-10(17)11(18)14(9-16)5-7-15(8-6-14)12(19)20-13(2,3)4/h11,16,18H,5-9H2,1-4H3. The molecule has 2 N–H and O–H groups in total. The van der Waals surface area contributed by atoms with Crippen molar-refractivity contribution in [3.8, 4) is 0 Å². The van der Waals surface area contributed by atoms with Gasteiger partial charge in [0.2, 0.25) is 0 Å². The van der Waals surface area contributed by atoms with Crippen LogP contribution in [0, 0.1) is 5.41 Å². The van der Waals surface area contributed by atoms with Crippen molar-refractivity contribution in [1.29, 1.82) is 0 Å². The highest BCUT2D eigenvalue weighted by Gasteiger charge is 2.43. The Bertz CT molecular complexity index is 366. The van der Waals surface area contributed by atoms with Gasteiger partial charge >= 0.3 is 6.09 Å². The van der Waals surface area contributed by atoms with Gasteiger partial charge in [0.15, 0.2) is 5.78 Å². The van der Waals surface area contributed by atoms with E-state index in [-0.39, 0.29) is 12.4 Å². The molecule has 0 aliphatic carbocycles. The number of rotatable bonds is 3. The van der Waals surface area contributed by atoms with Crippen LogP contribution in [-0.4, -0.2) is 58.4 Å². The Hall–Kier alpha value is -1.14. The third-order valence-electron chi connectivity index (χ3n) is 3.69. The van der Waals surface area contributed by atoms with E-state index in [1.54, 1.807) is 25.7 Å². The van der Waals surface area contributed by atoms with Gasteiger partial charge in [-0.15, -0.1) is 0 Å². The minimum atomic E-state index is -1.19. The summed E-state index contributed by atoms with van der Waals surface area (Å²) in [4.78, 5) is 24.8. The van der Waals surface area contributed by atoms with E-state index in [0.717, 1.165) is 0 Å². The van der Waals surface area contributed by atoms with Gasteiger partial charge in [0.25, 0.3) is 0 Å². The van der Waals surface area contributed by atoms with Gasteiger partial charge in [-0.25, -0.2) is 4.79 Å². The first kappa shape index (κ1) is 16.9. The molecule has 0 saturated carbocycles. The van der Waals surface area contributed by atoms with E-state index in [9.17, 15) is 19.8 Å². The Morgan fingerprint density at radius 3 is 2.15 bits per heavy atom. The van der Waals surface area contributed by atoms with E-state index < -0.39 is 23.2 Å². The molecule has 0 aromatic carbocycles. The van der Waals surface area contributed by atoms with Crippen LogP contribution in [0.3, 0.4) is 0 Å². The second-order valence-corrected chi connectivity index (χ2v) is 6.50. The SMILES string of the molecule is CC(=O)C(O)C1(CO)CCN(C(=O)OC(C)(C)C)CC1. The summed E-state index contributed by atoms with van der Waals surface area (Å²) in [5, 5.41) is 19.5. The lowest BCUT2D eigenvalue weighted by Crippen LogP contribution is -2.52. The average molecular weight is 287 g/mol. The lowest BCUT2D eigenvalue weighted by molar-refractivity contribution is -0.138. The molecule has 1 heterocycles. The van der Waals surface area contributed by atoms with E-state index in [1.165, 1.54) is 6.92 Å². The number of aliphatic hydroxyl groups is 2. The molecule has 0 spiro atoms. The van der Waals surface area contributed by atoms with Crippen LogP contribution in [0.5, 0.6) is 0 Å². The molecule has 0 aromatic heterocycles. The summed E-state index contributed by atoms with van der Waals surface area (Å²) in [6.07, 6.45) is -0.831. The van der Waals surface area contributed by atoms with Crippen LogP contribution in [0.25, 0.3) is 0 Å². The average Bonchev–Trinajstić information content (AvgIpc) is 2.35. The summed E-state index contributed by atoms with van der Waals surface area (Å²) in [5.41, 5.74) is -1.40. The van der Waals surface area contributed by atoms with Gasteiger partial charge < -0.3 is 19.8 Å². The second kappa shape index (κ2) is 6.10. The number of hydrogen-bond donors (Lipinski definition) is 2. The van der Waals surface area contributed by atoms with Crippen LogP contribution in [0.2, 0.25) is 0 Å². The van der Waals surface area contributed by atoms with Crippen molar-refractivity contribution >= 4 is 11.9 Å². The van der Waals surface area contributed by atoms with Crippen LogP contribution in [0.15, 0.2) is 0 Å². The molecule has 1 atom stereocenters. The summed E-state index contributed by atoms with van der Waals surface area (Å²) in [7, 11) is 0. The lowest BCUT2D eigenvalue weighted by Gasteiger charge is -2.42. The summed E-state index contributed by atoms with van der Waals surface area (Å²) in [6, 6.07) is 0. The number of hydrogen-bond acceptors (Lipinski definition) is 5. The quantitative estimate of drug-likeness (QED) is 0.807. The molecule has 116 valence electrons. The summed E-state index contributed by atoms with van der Waals surface area (Å²) < 4.78 is 5.28. The predicted octanol–water partition coefficient (Wildman–Crippen LogP) is 0.946.